The van der Waals surface area contributed by atoms with E-state index in [-0.39, 0.29) is 22.8 Å². The number of ether oxygens (including phenoxy) is 2. The van der Waals surface area contributed by atoms with E-state index < -0.39 is 0 Å². The standard InChI is InChI=1S/C27H31N3O3S/c1-18-24-25(20-9-11-22(12-10-20)32-16-19-7-5-4-6-8-19)34-17-23(31)28-26(24)30(29-18)21-13-14-33-27(2,3)15-21/h4-12,21,25H,13-17H2,1-3H3,(H,28,31)/t21-,25+/m0/s1. The minimum absolute atomic E-state index is 0.0176. The quantitative estimate of drug-likeness (QED) is 0.513. The van der Waals surface area contributed by atoms with Crippen molar-refractivity contribution in [3.8, 4) is 5.75 Å². The molecular weight excluding hydrogens is 446 g/mol. The van der Waals surface area contributed by atoms with Gasteiger partial charge in [-0.1, -0.05) is 42.5 Å². The predicted molar refractivity (Wildman–Crippen MR) is 135 cm³/mol. The SMILES string of the molecule is Cc1nn([C@H]2CCOC(C)(C)C2)c2c1[C@@H](c1ccc(OCc3ccccc3)cc1)SCC(=O)N2. The average molecular weight is 478 g/mol. The van der Waals surface area contributed by atoms with Crippen molar-refractivity contribution in [2.75, 3.05) is 17.7 Å². The molecule has 0 aliphatic carbocycles. The van der Waals surface area contributed by atoms with E-state index in [0.29, 0.717) is 19.0 Å². The van der Waals surface area contributed by atoms with Gasteiger partial charge in [-0.05, 0) is 56.9 Å². The minimum Gasteiger partial charge on any atom is -0.489 e. The van der Waals surface area contributed by atoms with Crippen LogP contribution in [-0.2, 0) is 16.1 Å². The maximum Gasteiger partial charge on any atom is 0.235 e. The van der Waals surface area contributed by atoms with E-state index in [0.717, 1.165) is 46.8 Å². The van der Waals surface area contributed by atoms with Gasteiger partial charge in [0.05, 0.1) is 28.3 Å². The molecule has 1 fully saturated rings. The van der Waals surface area contributed by atoms with Gasteiger partial charge in [0.1, 0.15) is 18.2 Å². The molecule has 178 valence electrons. The number of hydrogen-bond acceptors (Lipinski definition) is 5. The number of nitrogens with zero attached hydrogens (tertiary/aromatic N) is 2. The van der Waals surface area contributed by atoms with E-state index >= 15 is 0 Å². The lowest BCUT2D eigenvalue weighted by Gasteiger charge is -2.36. The zero-order valence-corrected chi connectivity index (χ0v) is 20.7. The van der Waals surface area contributed by atoms with Crippen LogP contribution in [0.25, 0.3) is 0 Å². The van der Waals surface area contributed by atoms with E-state index in [9.17, 15) is 4.79 Å². The zero-order chi connectivity index (χ0) is 23.7. The summed E-state index contributed by atoms with van der Waals surface area (Å²) in [6, 6.07) is 18.6. The normalized spacial score (nSPS) is 21.9. The second kappa shape index (κ2) is 9.47. The highest BCUT2D eigenvalue weighted by Gasteiger charge is 2.36. The number of amides is 1. The Kier molecular flexibility index (Phi) is 6.40. The molecule has 6 nitrogen and oxygen atoms in total. The van der Waals surface area contributed by atoms with Crippen LogP contribution in [0, 0.1) is 6.92 Å². The molecule has 0 saturated carbocycles. The molecule has 1 saturated heterocycles. The Bertz CT molecular complexity index is 1160. The highest BCUT2D eigenvalue weighted by molar-refractivity contribution is 8.00. The molecule has 3 heterocycles. The molecular formula is C27H31N3O3S. The third-order valence-corrected chi connectivity index (χ3v) is 7.75. The highest BCUT2D eigenvalue weighted by atomic mass is 32.2. The molecule has 0 bridgehead atoms. The number of nitrogens with one attached hydrogen (secondary N) is 1. The lowest BCUT2D eigenvalue weighted by atomic mass is 9.94. The van der Waals surface area contributed by atoms with Crippen molar-refractivity contribution in [2.24, 2.45) is 0 Å². The van der Waals surface area contributed by atoms with E-state index in [1.807, 2.05) is 41.9 Å². The summed E-state index contributed by atoms with van der Waals surface area (Å²) < 4.78 is 13.9. The van der Waals surface area contributed by atoms with Crippen LogP contribution in [-0.4, -0.2) is 33.6 Å². The van der Waals surface area contributed by atoms with Crippen molar-refractivity contribution in [1.82, 2.24) is 9.78 Å². The Morgan fingerprint density at radius 3 is 2.68 bits per heavy atom. The summed E-state index contributed by atoms with van der Waals surface area (Å²) in [5, 5.41) is 8.11. The lowest BCUT2D eigenvalue weighted by Crippen LogP contribution is -2.36. The number of aromatic nitrogens is 2. The first-order valence-electron chi connectivity index (χ1n) is 11.8. The van der Waals surface area contributed by atoms with Gasteiger partial charge < -0.3 is 14.8 Å². The number of carbonyl (C=O) groups excluding carboxylic acids is 1. The first-order chi connectivity index (χ1) is 16.4. The first kappa shape index (κ1) is 23.0. The molecule has 0 spiro atoms. The molecule has 1 aromatic heterocycles. The van der Waals surface area contributed by atoms with Crippen molar-refractivity contribution >= 4 is 23.5 Å². The Labute approximate surface area is 205 Å². The number of aryl methyl sites for hydroxylation is 1. The number of carbonyl (C=O) groups is 1. The van der Waals surface area contributed by atoms with Gasteiger partial charge in [0.25, 0.3) is 0 Å². The summed E-state index contributed by atoms with van der Waals surface area (Å²) >= 11 is 1.65. The summed E-state index contributed by atoms with van der Waals surface area (Å²) in [6.07, 6.45) is 1.75. The third-order valence-electron chi connectivity index (χ3n) is 6.48. The second-order valence-corrected chi connectivity index (χ2v) is 10.7. The maximum atomic E-state index is 12.7. The highest BCUT2D eigenvalue weighted by Crippen LogP contribution is 2.45. The largest absolute Gasteiger partial charge is 0.489 e. The van der Waals surface area contributed by atoms with Gasteiger partial charge in [-0.15, -0.1) is 11.8 Å². The van der Waals surface area contributed by atoms with Crippen LogP contribution in [0.15, 0.2) is 54.6 Å². The smallest absolute Gasteiger partial charge is 0.235 e. The summed E-state index contributed by atoms with van der Waals surface area (Å²) in [5.74, 6) is 2.09. The van der Waals surface area contributed by atoms with Crippen LogP contribution in [0.5, 0.6) is 5.75 Å². The van der Waals surface area contributed by atoms with Crippen LogP contribution in [0.4, 0.5) is 5.82 Å². The molecule has 1 amide bonds. The molecule has 0 unspecified atom stereocenters. The molecule has 5 rings (SSSR count). The zero-order valence-electron chi connectivity index (χ0n) is 19.9. The molecule has 1 N–H and O–H groups in total. The fraction of sp³-hybridized carbons (Fsp3) is 0.407. The fourth-order valence-electron chi connectivity index (χ4n) is 4.82. The van der Waals surface area contributed by atoms with Gasteiger partial charge in [0.15, 0.2) is 0 Å². The van der Waals surface area contributed by atoms with Crippen molar-refractivity contribution in [3.05, 3.63) is 77.0 Å². The number of fused-ring (bicyclic) bond motifs is 1. The maximum absolute atomic E-state index is 12.7. The number of rotatable bonds is 5. The van der Waals surface area contributed by atoms with Crippen LogP contribution in [0.1, 0.15) is 60.4 Å². The number of benzene rings is 2. The van der Waals surface area contributed by atoms with Gasteiger partial charge in [0.2, 0.25) is 5.91 Å². The molecule has 2 aliphatic rings. The number of hydrogen-bond donors (Lipinski definition) is 1. The van der Waals surface area contributed by atoms with Gasteiger partial charge in [-0.2, -0.15) is 5.10 Å². The topological polar surface area (TPSA) is 65.4 Å². The Hall–Kier alpha value is -2.77. The Morgan fingerprint density at radius 1 is 1.18 bits per heavy atom. The summed E-state index contributed by atoms with van der Waals surface area (Å²) in [6.45, 7) is 7.51. The van der Waals surface area contributed by atoms with Gasteiger partial charge in [-0.25, -0.2) is 4.68 Å². The van der Waals surface area contributed by atoms with Crippen molar-refractivity contribution < 1.29 is 14.3 Å². The monoisotopic (exact) mass is 477 g/mol. The molecule has 0 radical (unpaired) electrons. The lowest BCUT2D eigenvalue weighted by molar-refractivity contribution is -0.113. The van der Waals surface area contributed by atoms with E-state index in [2.05, 4.69) is 43.4 Å². The summed E-state index contributed by atoms with van der Waals surface area (Å²) in [5.41, 5.74) is 4.14. The predicted octanol–water partition coefficient (Wildman–Crippen LogP) is 5.68. The van der Waals surface area contributed by atoms with Crippen LogP contribution in [0.3, 0.4) is 0 Å². The second-order valence-electron chi connectivity index (χ2n) is 9.63. The van der Waals surface area contributed by atoms with Crippen molar-refractivity contribution in [3.63, 3.8) is 0 Å². The van der Waals surface area contributed by atoms with E-state index in [4.69, 9.17) is 14.6 Å². The molecule has 34 heavy (non-hydrogen) atoms. The molecule has 2 atom stereocenters. The van der Waals surface area contributed by atoms with Gasteiger partial charge in [0, 0.05) is 12.2 Å². The Morgan fingerprint density at radius 2 is 1.94 bits per heavy atom. The summed E-state index contributed by atoms with van der Waals surface area (Å²) in [7, 11) is 0. The van der Waals surface area contributed by atoms with Gasteiger partial charge >= 0.3 is 0 Å². The number of anilines is 1. The number of thioether (sulfide) groups is 1. The van der Waals surface area contributed by atoms with Gasteiger partial charge in [-0.3, -0.25) is 4.79 Å². The van der Waals surface area contributed by atoms with Crippen LogP contribution < -0.4 is 10.1 Å². The van der Waals surface area contributed by atoms with Crippen molar-refractivity contribution in [2.45, 2.75) is 57.1 Å². The summed E-state index contributed by atoms with van der Waals surface area (Å²) in [4.78, 5) is 12.7. The van der Waals surface area contributed by atoms with E-state index in [1.54, 1.807) is 11.8 Å². The average Bonchev–Trinajstić information content (AvgIpc) is 3.03. The molecule has 2 aromatic carbocycles. The minimum atomic E-state index is -0.200. The third kappa shape index (κ3) is 4.86. The fourth-order valence-corrected chi connectivity index (χ4v) is 6.01. The van der Waals surface area contributed by atoms with Crippen LogP contribution >= 0.6 is 11.8 Å². The Balaban J connectivity index is 1.41. The van der Waals surface area contributed by atoms with Crippen molar-refractivity contribution in [1.29, 1.82) is 0 Å². The molecule has 2 aliphatic heterocycles. The molecule has 3 aromatic rings. The molecule has 7 heteroatoms. The van der Waals surface area contributed by atoms with E-state index in [1.165, 1.54) is 0 Å². The first-order valence-corrected chi connectivity index (χ1v) is 12.9. The van der Waals surface area contributed by atoms with Crippen LogP contribution in [0.2, 0.25) is 0 Å².